The number of carboxylic acids is 1. The molecule has 0 aliphatic carbocycles. The molecule has 0 aliphatic heterocycles. The largest absolute Gasteiger partial charge is 0.480 e. The molecule has 0 aliphatic rings. The topological polar surface area (TPSA) is 186 Å². The molecule has 4 atom stereocenters. The highest BCUT2D eigenvalue weighted by molar-refractivity contribution is 7.98. The Hall–Kier alpha value is -2.01. The highest BCUT2D eigenvalue weighted by Crippen LogP contribution is 2.10. The maximum absolute atomic E-state index is 12.6. The first-order valence-corrected chi connectivity index (χ1v) is 10.7. The van der Waals surface area contributed by atoms with Crippen LogP contribution in [0.15, 0.2) is 4.99 Å². The third-order valence-electron chi connectivity index (χ3n) is 4.32. The molecule has 0 saturated carbocycles. The van der Waals surface area contributed by atoms with Crippen LogP contribution in [0.2, 0.25) is 0 Å². The van der Waals surface area contributed by atoms with E-state index in [1.165, 1.54) is 11.8 Å². The van der Waals surface area contributed by atoms with Crippen molar-refractivity contribution in [1.29, 1.82) is 0 Å². The van der Waals surface area contributed by atoms with Gasteiger partial charge in [0.05, 0.1) is 6.04 Å². The van der Waals surface area contributed by atoms with Gasteiger partial charge in [-0.25, -0.2) is 4.79 Å². The molecule has 0 heterocycles. The molecule has 0 radical (unpaired) electrons. The van der Waals surface area contributed by atoms with E-state index in [-0.39, 0.29) is 11.9 Å². The first kappa shape index (κ1) is 26.0. The summed E-state index contributed by atoms with van der Waals surface area (Å²) in [4.78, 5) is 40.2. The van der Waals surface area contributed by atoms with Crippen molar-refractivity contribution < 1.29 is 19.5 Å². The number of nitrogens with zero attached hydrogens (tertiary/aromatic N) is 1. The zero-order valence-electron chi connectivity index (χ0n) is 16.8. The van der Waals surface area contributed by atoms with Crippen molar-refractivity contribution in [3.05, 3.63) is 0 Å². The lowest BCUT2D eigenvalue weighted by atomic mass is 9.98. The van der Waals surface area contributed by atoms with Crippen LogP contribution in [0.5, 0.6) is 0 Å². The number of nitrogens with one attached hydrogen (secondary N) is 2. The average Bonchev–Trinajstić information content (AvgIpc) is 2.64. The predicted octanol–water partition coefficient (Wildman–Crippen LogP) is -0.779. The lowest BCUT2D eigenvalue weighted by Crippen LogP contribution is -2.55. The van der Waals surface area contributed by atoms with Crippen LogP contribution in [0, 0.1) is 5.92 Å². The van der Waals surface area contributed by atoms with Gasteiger partial charge in [0.1, 0.15) is 12.1 Å². The van der Waals surface area contributed by atoms with E-state index < -0.39 is 35.9 Å². The number of rotatable bonds is 14. The number of thioether (sulfide) groups is 1. The Kier molecular flexibility index (Phi) is 13.0. The van der Waals surface area contributed by atoms with Gasteiger partial charge in [0.25, 0.3) is 0 Å². The van der Waals surface area contributed by atoms with Gasteiger partial charge in [0.2, 0.25) is 11.8 Å². The van der Waals surface area contributed by atoms with Crippen molar-refractivity contribution in [3.63, 3.8) is 0 Å². The number of carboxylic acid groups (broad SMARTS) is 1. The fourth-order valence-electron chi connectivity index (χ4n) is 2.37. The van der Waals surface area contributed by atoms with E-state index in [9.17, 15) is 19.5 Å². The van der Waals surface area contributed by atoms with Gasteiger partial charge < -0.3 is 32.9 Å². The van der Waals surface area contributed by atoms with Gasteiger partial charge in [-0.15, -0.1) is 0 Å². The van der Waals surface area contributed by atoms with Crippen LogP contribution >= 0.6 is 11.8 Å². The summed E-state index contributed by atoms with van der Waals surface area (Å²) in [7, 11) is 0. The highest BCUT2D eigenvalue weighted by Gasteiger charge is 2.30. The Morgan fingerprint density at radius 3 is 2.29 bits per heavy atom. The van der Waals surface area contributed by atoms with Crippen LogP contribution in [-0.4, -0.2) is 65.5 Å². The molecule has 9 N–H and O–H groups in total. The standard InChI is InChI=1S/C17H34N6O4S/c1-4-10(2)13(16(26)27)23-15(25)12(7-9-28-3)22-14(24)11(18)6-5-8-21-17(19)20/h10-13H,4-9,18H2,1-3H3,(H,22,24)(H,23,25)(H,26,27)(H4,19,20,21). The maximum Gasteiger partial charge on any atom is 0.326 e. The molecule has 0 aromatic rings. The summed E-state index contributed by atoms with van der Waals surface area (Å²) < 4.78 is 0. The van der Waals surface area contributed by atoms with E-state index in [2.05, 4.69) is 15.6 Å². The lowest BCUT2D eigenvalue weighted by Gasteiger charge is -2.25. The highest BCUT2D eigenvalue weighted by atomic mass is 32.2. The number of carbonyl (C=O) groups excluding carboxylic acids is 2. The van der Waals surface area contributed by atoms with Crippen LogP contribution in [-0.2, 0) is 14.4 Å². The minimum atomic E-state index is -1.10. The van der Waals surface area contributed by atoms with Gasteiger partial charge >= 0.3 is 5.97 Å². The third kappa shape index (κ3) is 10.4. The molecule has 0 bridgehead atoms. The quantitative estimate of drug-likeness (QED) is 0.120. The smallest absolute Gasteiger partial charge is 0.326 e. The van der Waals surface area contributed by atoms with Gasteiger partial charge in [-0.1, -0.05) is 20.3 Å². The zero-order chi connectivity index (χ0) is 21.7. The Bertz CT molecular complexity index is 542. The van der Waals surface area contributed by atoms with Gasteiger partial charge in [-0.3, -0.25) is 14.6 Å². The van der Waals surface area contributed by atoms with E-state index in [1.807, 2.05) is 13.2 Å². The summed E-state index contributed by atoms with van der Waals surface area (Å²) in [5.74, 6) is -1.74. The second-order valence-corrected chi connectivity index (χ2v) is 7.59. The van der Waals surface area contributed by atoms with Crippen LogP contribution in [0.4, 0.5) is 0 Å². The van der Waals surface area contributed by atoms with Crippen molar-refractivity contribution in [3.8, 4) is 0 Å². The van der Waals surface area contributed by atoms with Gasteiger partial charge in [0.15, 0.2) is 5.96 Å². The summed E-state index contributed by atoms with van der Waals surface area (Å²) in [5.41, 5.74) is 16.3. The number of aliphatic imine (C=N–C) groups is 1. The van der Waals surface area contributed by atoms with Crippen LogP contribution in [0.3, 0.4) is 0 Å². The van der Waals surface area contributed by atoms with Crippen molar-refractivity contribution >= 4 is 35.5 Å². The number of guanidine groups is 1. The van der Waals surface area contributed by atoms with Gasteiger partial charge in [0, 0.05) is 6.54 Å². The third-order valence-corrected chi connectivity index (χ3v) is 4.97. The number of nitrogens with two attached hydrogens (primary N) is 3. The minimum Gasteiger partial charge on any atom is -0.480 e. The van der Waals surface area contributed by atoms with Crippen molar-refractivity contribution in [1.82, 2.24) is 10.6 Å². The Labute approximate surface area is 170 Å². The van der Waals surface area contributed by atoms with Crippen LogP contribution < -0.4 is 27.8 Å². The molecule has 162 valence electrons. The molecule has 28 heavy (non-hydrogen) atoms. The molecule has 0 aromatic carbocycles. The molecule has 11 heteroatoms. The molecule has 2 amide bonds. The molecule has 0 fully saturated rings. The fourth-order valence-corrected chi connectivity index (χ4v) is 2.84. The van der Waals surface area contributed by atoms with Gasteiger partial charge in [-0.05, 0) is 37.2 Å². The molecular weight excluding hydrogens is 384 g/mol. The zero-order valence-corrected chi connectivity index (χ0v) is 17.6. The van der Waals surface area contributed by atoms with Crippen molar-refractivity contribution in [2.24, 2.45) is 28.1 Å². The number of amides is 2. The first-order chi connectivity index (χ1) is 13.1. The van der Waals surface area contributed by atoms with E-state index in [4.69, 9.17) is 17.2 Å². The van der Waals surface area contributed by atoms with Crippen LogP contribution in [0.25, 0.3) is 0 Å². The van der Waals surface area contributed by atoms with E-state index in [0.29, 0.717) is 38.0 Å². The number of hydrogen-bond acceptors (Lipinski definition) is 6. The van der Waals surface area contributed by atoms with Gasteiger partial charge in [-0.2, -0.15) is 11.8 Å². The van der Waals surface area contributed by atoms with E-state index >= 15 is 0 Å². The van der Waals surface area contributed by atoms with Crippen molar-refractivity contribution in [2.75, 3.05) is 18.6 Å². The predicted molar refractivity (Wildman–Crippen MR) is 112 cm³/mol. The molecule has 4 unspecified atom stereocenters. The molecule has 0 spiro atoms. The number of aliphatic carboxylic acids is 1. The summed E-state index contributed by atoms with van der Waals surface area (Å²) in [6.07, 6.45) is 3.71. The Morgan fingerprint density at radius 1 is 1.14 bits per heavy atom. The summed E-state index contributed by atoms with van der Waals surface area (Å²) >= 11 is 1.52. The van der Waals surface area contributed by atoms with Crippen molar-refractivity contribution in [2.45, 2.75) is 57.7 Å². The Morgan fingerprint density at radius 2 is 1.79 bits per heavy atom. The normalized spacial score (nSPS) is 15.0. The van der Waals surface area contributed by atoms with E-state index in [0.717, 1.165) is 0 Å². The molecule has 10 nitrogen and oxygen atoms in total. The van der Waals surface area contributed by atoms with E-state index in [1.54, 1.807) is 6.92 Å². The summed E-state index contributed by atoms with van der Waals surface area (Å²) in [5, 5.41) is 14.5. The van der Waals surface area contributed by atoms with Crippen LogP contribution in [0.1, 0.15) is 39.5 Å². The number of carbonyl (C=O) groups is 3. The molecular formula is C17H34N6O4S. The average molecular weight is 419 g/mol. The lowest BCUT2D eigenvalue weighted by molar-refractivity contribution is -0.143. The fraction of sp³-hybridized carbons (Fsp3) is 0.765. The molecule has 0 rings (SSSR count). The SMILES string of the molecule is CCC(C)C(NC(=O)C(CCSC)NC(=O)C(N)CCCN=C(N)N)C(=O)O. The molecule has 0 saturated heterocycles. The number of hydrogen-bond donors (Lipinski definition) is 6. The summed E-state index contributed by atoms with van der Waals surface area (Å²) in [6.45, 7) is 3.96. The molecule has 0 aromatic heterocycles. The monoisotopic (exact) mass is 418 g/mol. The minimum absolute atomic E-state index is 0.0267. The second-order valence-electron chi connectivity index (χ2n) is 6.61. The first-order valence-electron chi connectivity index (χ1n) is 9.27. The second kappa shape index (κ2) is 14.1. The summed E-state index contributed by atoms with van der Waals surface area (Å²) in [6, 6.07) is -2.68. The Balaban J connectivity index is 4.90. The maximum atomic E-state index is 12.6.